The van der Waals surface area contributed by atoms with Gasteiger partial charge in [-0.25, -0.2) is 9.78 Å². The number of hydrogen-bond acceptors (Lipinski definition) is 4. The second-order valence-corrected chi connectivity index (χ2v) is 3.59. The molecular formula is C11H10N2O4. The number of nitrogens with zero attached hydrogens (tertiary/aromatic N) is 1. The van der Waals surface area contributed by atoms with E-state index in [2.05, 4.69) is 9.97 Å². The fraction of sp³-hybridized carbons (Fsp3) is 0.182. The van der Waals surface area contributed by atoms with Crippen molar-refractivity contribution in [1.29, 1.82) is 0 Å². The van der Waals surface area contributed by atoms with E-state index < -0.39 is 11.5 Å². The van der Waals surface area contributed by atoms with Gasteiger partial charge in [0.05, 0.1) is 5.69 Å². The number of carboxylic acid groups (broad SMARTS) is 1. The predicted octanol–water partition coefficient (Wildman–Crippen LogP) is 1.34. The summed E-state index contributed by atoms with van der Waals surface area (Å²) in [5, 5.41) is 8.83. The monoisotopic (exact) mass is 234 g/mol. The van der Waals surface area contributed by atoms with Crippen molar-refractivity contribution in [2.75, 3.05) is 0 Å². The third-order valence-corrected chi connectivity index (χ3v) is 2.29. The fourth-order valence-electron chi connectivity index (χ4n) is 1.52. The van der Waals surface area contributed by atoms with Crippen LogP contribution < -0.4 is 5.56 Å². The summed E-state index contributed by atoms with van der Waals surface area (Å²) in [5.41, 5.74) is -0.878. The second kappa shape index (κ2) is 3.89. The number of nitrogens with one attached hydrogen (secondary N) is 1. The number of furan rings is 1. The molecule has 0 aromatic carbocycles. The zero-order valence-corrected chi connectivity index (χ0v) is 9.27. The largest absolute Gasteiger partial charge is 0.477 e. The van der Waals surface area contributed by atoms with E-state index in [0.29, 0.717) is 11.5 Å². The Labute approximate surface area is 95.9 Å². The smallest absolute Gasteiger partial charge is 0.343 e. The molecule has 0 atom stereocenters. The Morgan fingerprint density at radius 1 is 1.41 bits per heavy atom. The highest BCUT2D eigenvalue weighted by atomic mass is 16.4. The number of hydrogen-bond donors (Lipinski definition) is 2. The van der Waals surface area contributed by atoms with Gasteiger partial charge in [0.1, 0.15) is 11.3 Å². The quantitative estimate of drug-likeness (QED) is 0.817. The van der Waals surface area contributed by atoms with E-state index in [1.165, 1.54) is 6.92 Å². The number of aryl methyl sites for hydroxylation is 2. The first-order valence-electron chi connectivity index (χ1n) is 4.90. The maximum atomic E-state index is 11.6. The van der Waals surface area contributed by atoms with E-state index in [1.807, 2.05) is 0 Å². The van der Waals surface area contributed by atoms with Crippen molar-refractivity contribution in [3.63, 3.8) is 0 Å². The van der Waals surface area contributed by atoms with Gasteiger partial charge in [0.2, 0.25) is 0 Å². The molecule has 0 spiro atoms. The van der Waals surface area contributed by atoms with Gasteiger partial charge in [-0.2, -0.15) is 0 Å². The van der Waals surface area contributed by atoms with Crippen LogP contribution in [0.4, 0.5) is 0 Å². The van der Waals surface area contributed by atoms with Crippen LogP contribution in [0.2, 0.25) is 0 Å². The molecule has 0 amide bonds. The second-order valence-electron chi connectivity index (χ2n) is 3.59. The van der Waals surface area contributed by atoms with Gasteiger partial charge in [-0.15, -0.1) is 0 Å². The highest BCUT2D eigenvalue weighted by Crippen LogP contribution is 2.17. The van der Waals surface area contributed by atoms with E-state index in [0.717, 1.165) is 0 Å². The van der Waals surface area contributed by atoms with Crippen molar-refractivity contribution in [1.82, 2.24) is 9.97 Å². The third-order valence-electron chi connectivity index (χ3n) is 2.29. The van der Waals surface area contributed by atoms with Gasteiger partial charge in [-0.05, 0) is 26.0 Å². The Bertz CT molecular complexity index is 639. The van der Waals surface area contributed by atoms with Crippen LogP contribution in [0.25, 0.3) is 11.6 Å². The van der Waals surface area contributed by atoms with Gasteiger partial charge in [0.25, 0.3) is 5.56 Å². The highest BCUT2D eigenvalue weighted by molar-refractivity contribution is 5.88. The molecule has 0 saturated heterocycles. The van der Waals surface area contributed by atoms with Crippen LogP contribution in [-0.4, -0.2) is 21.0 Å². The minimum absolute atomic E-state index is 0.158. The van der Waals surface area contributed by atoms with Crippen LogP contribution in [0.15, 0.2) is 21.3 Å². The molecule has 0 saturated carbocycles. The van der Waals surface area contributed by atoms with Crippen molar-refractivity contribution in [2.45, 2.75) is 13.8 Å². The lowest BCUT2D eigenvalue weighted by atomic mass is 10.2. The molecule has 0 radical (unpaired) electrons. The summed E-state index contributed by atoms with van der Waals surface area (Å²) >= 11 is 0. The molecule has 88 valence electrons. The summed E-state index contributed by atoms with van der Waals surface area (Å²) in [6.07, 6.45) is 0. The summed E-state index contributed by atoms with van der Waals surface area (Å²) < 4.78 is 5.30. The topological polar surface area (TPSA) is 96.2 Å². The molecule has 0 aliphatic heterocycles. The van der Waals surface area contributed by atoms with E-state index in [-0.39, 0.29) is 17.1 Å². The van der Waals surface area contributed by atoms with Crippen LogP contribution in [0, 0.1) is 13.8 Å². The first-order chi connectivity index (χ1) is 7.99. The summed E-state index contributed by atoms with van der Waals surface area (Å²) in [7, 11) is 0. The number of aromatic carboxylic acids is 1. The van der Waals surface area contributed by atoms with Gasteiger partial charge < -0.3 is 14.5 Å². The fourth-order valence-corrected chi connectivity index (χ4v) is 1.52. The van der Waals surface area contributed by atoms with Crippen LogP contribution in [-0.2, 0) is 0 Å². The molecule has 2 aromatic heterocycles. The van der Waals surface area contributed by atoms with E-state index in [4.69, 9.17) is 9.52 Å². The molecule has 0 aliphatic carbocycles. The number of carbonyl (C=O) groups is 1. The zero-order valence-electron chi connectivity index (χ0n) is 9.27. The summed E-state index contributed by atoms with van der Waals surface area (Å²) in [6.45, 7) is 3.23. The number of carboxylic acids is 1. The number of H-pyrrole nitrogens is 1. The molecular weight excluding hydrogens is 224 g/mol. The number of aromatic nitrogens is 2. The molecule has 2 rings (SSSR count). The average molecular weight is 234 g/mol. The maximum Gasteiger partial charge on any atom is 0.343 e. The molecule has 0 fully saturated rings. The first kappa shape index (κ1) is 11.1. The number of rotatable bonds is 2. The predicted molar refractivity (Wildman–Crippen MR) is 59.0 cm³/mol. The lowest BCUT2D eigenvalue weighted by Crippen LogP contribution is -2.21. The highest BCUT2D eigenvalue weighted by Gasteiger charge is 2.16. The van der Waals surface area contributed by atoms with Crippen molar-refractivity contribution in [2.24, 2.45) is 0 Å². The molecule has 2 N–H and O–H groups in total. The molecule has 0 unspecified atom stereocenters. The summed E-state index contributed by atoms with van der Waals surface area (Å²) in [6, 6.07) is 3.39. The van der Waals surface area contributed by atoms with Crippen molar-refractivity contribution in [3.8, 4) is 11.6 Å². The number of aromatic amines is 1. The Morgan fingerprint density at radius 3 is 2.59 bits per heavy atom. The SMILES string of the molecule is Cc1ccc(-c2nc(C)c(C(=O)O)c(=O)[nH]2)o1. The third kappa shape index (κ3) is 1.96. The van der Waals surface area contributed by atoms with Crippen LogP contribution >= 0.6 is 0 Å². The van der Waals surface area contributed by atoms with E-state index in [1.54, 1.807) is 19.1 Å². The Hall–Kier alpha value is -2.37. The first-order valence-corrected chi connectivity index (χ1v) is 4.90. The molecule has 6 nitrogen and oxygen atoms in total. The average Bonchev–Trinajstić information content (AvgIpc) is 2.63. The Balaban J connectivity index is 2.60. The Kier molecular flexibility index (Phi) is 2.55. The standard InChI is InChI=1S/C11H10N2O4/c1-5-3-4-7(17-5)9-12-6(2)8(11(15)16)10(14)13-9/h3-4H,1-2H3,(H,15,16)(H,12,13,14). The lowest BCUT2D eigenvalue weighted by Gasteiger charge is -2.01. The summed E-state index contributed by atoms with van der Waals surface area (Å²) in [5.74, 6) is 0.0197. The zero-order chi connectivity index (χ0) is 12.6. The van der Waals surface area contributed by atoms with Gasteiger partial charge >= 0.3 is 5.97 Å². The van der Waals surface area contributed by atoms with E-state index in [9.17, 15) is 9.59 Å². The normalized spacial score (nSPS) is 10.5. The lowest BCUT2D eigenvalue weighted by molar-refractivity contribution is 0.0693. The minimum atomic E-state index is -1.29. The molecule has 2 heterocycles. The van der Waals surface area contributed by atoms with Crippen molar-refractivity contribution in [3.05, 3.63) is 39.5 Å². The summed E-state index contributed by atoms with van der Waals surface area (Å²) in [4.78, 5) is 28.8. The van der Waals surface area contributed by atoms with Crippen LogP contribution in [0.1, 0.15) is 21.8 Å². The van der Waals surface area contributed by atoms with Crippen LogP contribution in [0.3, 0.4) is 0 Å². The molecule has 2 aromatic rings. The van der Waals surface area contributed by atoms with Crippen molar-refractivity contribution >= 4 is 5.97 Å². The Morgan fingerprint density at radius 2 is 2.12 bits per heavy atom. The van der Waals surface area contributed by atoms with Crippen LogP contribution in [0.5, 0.6) is 0 Å². The van der Waals surface area contributed by atoms with E-state index >= 15 is 0 Å². The molecule has 0 bridgehead atoms. The van der Waals surface area contributed by atoms with Gasteiger partial charge in [-0.3, -0.25) is 4.79 Å². The minimum Gasteiger partial charge on any atom is -0.477 e. The van der Waals surface area contributed by atoms with Gasteiger partial charge in [-0.1, -0.05) is 0 Å². The molecule has 6 heteroatoms. The van der Waals surface area contributed by atoms with Gasteiger partial charge in [0, 0.05) is 0 Å². The maximum absolute atomic E-state index is 11.6. The van der Waals surface area contributed by atoms with Gasteiger partial charge in [0.15, 0.2) is 11.6 Å². The molecule has 0 aliphatic rings. The van der Waals surface area contributed by atoms with Crippen molar-refractivity contribution < 1.29 is 14.3 Å². The molecule has 17 heavy (non-hydrogen) atoms.